The molecule has 4 heterocycles. The van der Waals surface area contributed by atoms with E-state index < -0.39 is 22.5 Å². The summed E-state index contributed by atoms with van der Waals surface area (Å²) in [6.45, 7) is 5.09. The standard InChI is InChI=1S/C19H14N2O4S2/c1-2-15-18(13-11-26-14-6-4-3-5-12(13)14)21-10-9-20-19(21)27(15)24-16(22)7-8-17(23)25-27/h2-8,11H,1,9-10H2. The molecule has 0 N–H and O–H groups in total. The second-order valence-electron chi connectivity index (χ2n) is 6.02. The fourth-order valence-electron chi connectivity index (χ4n) is 3.47. The molecule has 0 atom stereocenters. The molecule has 1 spiro atoms. The van der Waals surface area contributed by atoms with Crippen LogP contribution in [0.2, 0.25) is 0 Å². The summed E-state index contributed by atoms with van der Waals surface area (Å²) in [6.07, 6.45) is 3.79. The van der Waals surface area contributed by atoms with Gasteiger partial charge in [-0.05, 0) is 22.7 Å². The van der Waals surface area contributed by atoms with Gasteiger partial charge in [-0.25, -0.2) is 14.6 Å². The quantitative estimate of drug-likeness (QED) is 0.771. The number of thiophene rings is 1. The summed E-state index contributed by atoms with van der Waals surface area (Å²) in [7, 11) is -2.83. The van der Waals surface area contributed by atoms with Crippen molar-refractivity contribution in [2.75, 3.05) is 13.1 Å². The van der Waals surface area contributed by atoms with E-state index in [0.717, 1.165) is 33.5 Å². The van der Waals surface area contributed by atoms with Gasteiger partial charge in [0.05, 0.1) is 12.2 Å². The molecule has 0 amide bonds. The second-order valence-corrected chi connectivity index (χ2v) is 9.08. The zero-order valence-corrected chi connectivity index (χ0v) is 15.7. The summed E-state index contributed by atoms with van der Waals surface area (Å²) >= 11 is 1.63. The third-order valence-electron chi connectivity index (χ3n) is 4.51. The first-order chi connectivity index (χ1) is 13.1. The fourth-order valence-corrected chi connectivity index (χ4v) is 6.98. The van der Waals surface area contributed by atoms with Crippen molar-refractivity contribution in [1.82, 2.24) is 4.90 Å². The number of hydrogen-bond acceptors (Lipinski definition) is 7. The predicted octanol–water partition coefficient (Wildman–Crippen LogP) is 3.73. The Morgan fingerprint density at radius 2 is 1.93 bits per heavy atom. The van der Waals surface area contributed by atoms with Crippen LogP contribution >= 0.6 is 21.9 Å². The average molecular weight is 398 g/mol. The number of carbonyl (C=O) groups excluding carboxylic acids is 2. The zero-order chi connectivity index (χ0) is 18.6. The third kappa shape index (κ3) is 2.23. The molecular formula is C19H14N2O4S2. The first-order valence-electron chi connectivity index (χ1n) is 8.27. The van der Waals surface area contributed by atoms with Gasteiger partial charge >= 0.3 is 11.9 Å². The minimum absolute atomic E-state index is 0.494. The number of allylic oxidation sites excluding steroid dienone is 1. The first kappa shape index (κ1) is 16.3. The van der Waals surface area contributed by atoms with E-state index in [1.54, 1.807) is 17.4 Å². The van der Waals surface area contributed by atoms with Gasteiger partial charge in [-0.3, -0.25) is 0 Å². The lowest BCUT2D eigenvalue weighted by molar-refractivity contribution is -0.129. The Kier molecular flexibility index (Phi) is 3.53. The summed E-state index contributed by atoms with van der Waals surface area (Å²) in [4.78, 5) is 31.5. The van der Waals surface area contributed by atoms with E-state index in [1.165, 1.54) is 0 Å². The van der Waals surface area contributed by atoms with Crippen LogP contribution in [0.15, 0.2) is 64.4 Å². The van der Waals surface area contributed by atoms with Crippen molar-refractivity contribution < 1.29 is 18.0 Å². The normalized spacial score (nSPS) is 21.8. The van der Waals surface area contributed by atoms with Crippen molar-refractivity contribution in [2.45, 2.75) is 0 Å². The monoisotopic (exact) mass is 398 g/mol. The molecule has 3 aliphatic heterocycles. The minimum Gasteiger partial charge on any atom is -0.328 e. The number of carbonyl (C=O) groups is 2. The molecule has 0 unspecified atom stereocenters. The van der Waals surface area contributed by atoms with Gasteiger partial charge in [0.1, 0.15) is 4.91 Å². The van der Waals surface area contributed by atoms with Crippen molar-refractivity contribution in [1.29, 1.82) is 0 Å². The van der Waals surface area contributed by atoms with E-state index in [2.05, 4.69) is 29.1 Å². The Labute approximate surface area is 160 Å². The van der Waals surface area contributed by atoms with Gasteiger partial charge in [0.25, 0.3) is 0 Å². The van der Waals surface area contributed by atoms with Crippen molar-refractivity contribution in [2.24, 2.45) is 4.99 Å². The Morgan fingerprint density at radius 1 is 1.19 bits per heavy atom. The molecule has 1 aromatic carbocycles. The predicted molar refractivity (Wildman–Crippen MR) is 107 cm³/mol. The van der Waals surface area contributed by atoms with Gasteiger partial charge in [-0.2, -0.15) is 0 Å². The van der Waals surface area contributed by atoms with E-state index in [1.807, 2.05) is 17.0 Å². The number of fused-ring (bicyclic) bond motifs is 3. The average Bonchev–Trinajstić information content (AvgIpc) is 3.33. The number of rotatable bonds is 2. The number of aliphatic imine (C=N–C) groups is 1. The Hall–Kier alpha value is -2.84. The van der Waals surface area contributed by atoms with Crippen molar-refractivity contribution in [3.8, 4) is 0 Å². The van der Waals surface area contributed by atoms with Crippen LogP contribution in [-0.2, 0) is 18.0 Å². The van der Waals surface area contributed by atoms with Gasteiger partial charge in [0.2, 0.25) is 5.17 Å². The van der Waals surface area contributed by atoms with E-state index in [0.29, 0.717) is 23.2 Å². The highest BCUT2D eigenvalue weighted by molar-refractivity contribution is 8.42. The number of amidine groups is 1. The highest BCUT2D eigenvalue weighted by Crippen LogP contribution is 2.68. The van der Waals surface area contributed by atoms with Gasteiger partial charge < -0.3 is 13.3 Å². The molecule has 0 bridgehead atoms. The van der Waals surface area contributed by atoms with Crippen molar-refractivity contribution >= 4 is 54.8 Å². The Morgan fingerprint density at radius 3 is 2.67 bits per heavy atom. The van der Waals surface area contributed by atoms with Gasteiger partial charge in [-0.1, -0.05) is 24.8 Å². The van der Waals surface area contributed by atoms with E-state index in [9.17, 15) is 9.59 Å². The lowest BCUT2D eigenvalue weighted by Gasteiger charge is -2.36. The summed E-state index contributed by atoms with van der Waals surface area (Å²) in [6, 6.07) is 8.09. The third-order valence-corrected chi connectivity index (χ3v) is 8.04. The van der Waals surface area contributed by atoms with E-state index in [4.69, 9.17) is 8.37 Å². The minimum atomic E-state index is -2.83. The topological polar surface area (TPSA) is 68.2 Å². The van der Waals surface area contributed by atoms with Crippen LogP contribution in [0.3, 0.4) is 0 Å². The highest BCUT2D eigenvalue weighted by atomic mass is 32.3. The Balaban J connectivity index is 1.79. The van der Waals surface area contributed by atoms with Crippen molar-refractivity contribution in [3.05, 3.63) is 64.9 Å². The van der Waals surface area contributed by atoms with Crippen molar-refractivity contribution in [3.63, 3.8) is 0 Å². The molecule has 8 heteroatoms. The zero-order valence-electron chi connectivity index (χ0n) is 14.1. The molecule has 136 valence electrons. The van der Waals surface area contributed by atoms with Crippen LogP contribution < -0.4 is 0 Å². The highest BCUT2D eigenvalue weighted by Gasteiger charge is 2.51. The van der Waals surface area contributed by atoms with Crippen LogP contribution in [0.4, 0.5) is 0 Å². The van der Waals surface area contributed by atoms with Gasteiger partial charge in [0, 0.05) is 39.7 Å². The number of benzene rings is 1. The molecule has 2 aromatic rings. The summed E-state index contributed by atoms with van der Waals surface area (Å²) in [5, 5.41) is 3.65. The lowest BCUT2D eigenvalue weighted by Crippen LogP contribution is -2.26. The van der Waals surface area contributed by atoms with Crippen LogP contribution in [0, 0.1) is 0 Å². The first-order valence-corrected chi connectivity index (χ1v) is 10.6. The molecule has 0 fully saturated rings. The maximum Gasteiger partial charge on any atom is 0.354 e. The van der Waals surface area contributed by atoms with E-state index in [-0.39, 0.29) is 0 Å². The van der Waals surface area contributed by atoms with Crippen LogP contribution in [0.1, 0.15) is 5.56 Å². The Bertz CT molecular complexity index is 1090. The van der Waals surface area contributed by atoms with Crippen LogP contribution in [0.5, 0.6) is 0 Å². The summed E-state index contributed by atoms with van der Waals surface area (Å²) in [5.41, 5.74) is 1.84. The molecule has 27 heavy (non-hydrogen) atoms. The molecule has 5 rings (SSSR count). The maximum atomic E-state index is 12.2. The molecule has 0 saturated carbocycles. The summed E-state index contributed by atoms with van der Waals surface area (Å²) < 4.78 is 12.6. The molecule has 6 nitrogen and oxygen atoms in total. The lowest BCUT2D eigenvalue weighted by atomic mass is 10.1. The molecule has 3 aliphatic rings. The second kappa shape index (κ2) is 5.83. The molecule has 0 saturated heterocycles. The van der Waals surface area contributed by atoms with E-state index >= 15 is 0 Å². The van der Waals surface area contributed by atoms with Crippen LogP contribution in [-0.4, -0.2) is 35.1 Å². The molecular weight excluding hydrogens is 384 g/mol. The van der Waals surface area contributed by atoms with Crippen LogP contribution in [0.25, 0.3) is 15.8 Å². The fraction of sp³-hybridized carbons (Fsp3) is 0.105. The van der Waals surface area contributed by atoms with Gasteiger partial charge in [-0.15, -0.1) is 11.3 Å². The number of nitrogens with zero attached hydrogens (tertiary/aromatic N) is 2. The number of hydrogen-bond donors (Lipinski definition) is 0. The molecule has 0 aliphatic carbocycles. The largest absolute Gasteiger partial charge is 0.354 e. The SMILES string of the molecule is C=CC1=C(c2csc3ccccc23)N2CCN=C2S12OC(=O)C=CC(=O)O2. The summed E-state index contributed by atoms with van der Waals surface area (Å²) in [5.74, 6) is -1.25. The van der Waals surface area contributed by atoms with Gasteiger partial charge in [0.15, 0.2) is 0 Å². The molecule has 1 aromatic heterocycles. The smallest absolute Gasteiger partial charge is 0.328 e. The molecule has 0 radical (unpaired) electrons. The maximum absolute atomic E-state index is 12.2.